The molecule has 3 heteroatoms. The van der Waals surface area contributed by atoms with Crippen LogP contribution in [-0.4, -0.2) is 18.6 Å². The third-order valence-electron chi connectivity index (χ3n) is 4.22. The Balaban J connectivity index is 0.00000225. The summed E-state index contributed by atoms with van der Waals surface area (Å²) in [4.78, 5) is 0. The number of hydrogen-bond acceptors (Lipinski definition) is 2. The fraction of sp³-hybridized carbons (Fsp3) is 1.00. The summed E-state index contributed by atoms with van der Waals surface area (Å²) in [6.07, 6.45) is 7.10. The zero-order valence-corrected chi connectivity index (χ0v) is 11.9. The molecule has 0 radical (unpaired) electrons. The maximum atomic E-state index is 5.86. The van der Waals surface area contributed by atoms with Gasteiger partial charge in [0.2, 0.25) is 0 Å². The molecule has 0 saturated heterocycles. The molecular weight excluding hydrogens is 220 g/mol. The van der Waals surface area contributed by atoms with E-state index in [4.69, 9.17) is 5.73 Å². The summed E-state index contributed by atoms with van der Waals surface area (Å²) in [6, 6.07) is 0. The summed E-state index contributed by atoms with van der Waals surface area (Å²) >= 11 is 0. The average Bonchev–Trinajstić information content (AvgIpc) is 2.27. The van der Waals surface area contributed by atoms with Gasteiger partial charge in [-0.3, -0.25) is 0 Å². The molecule has 1 fully saturated rings. The van der Waals surface area contributed by atoms with Gasteiger partial charge in [0.05, 0.1) is 0 Å². The predicted molar refractivity (Wildman–Crippen MR) is 74.1 cm³/mol. The first-order chi connectivity index (χ1) is 7.08. The van der Waals surface area contributed by atoms with Crippen LogP contribution in [0.3, 0.4) is 0 Å². The highest BCUT2D eigenvalue weighted by Crippen LogP contribution is 2.24. The van der Waals surface area contributed by atoms with Crippen LogP contribution in [0.5, 0.6) is 0 Å². The van der Waals surface area contributed by atoms with Crippen molar-refractivity contribution in [1.29, 1.82) is 0 Å². The van der Waals surface area contributed by atoms with Gasteiger partial charge in [-0.1, -0.05) is 33.1 Å². The lowest BCUT2D eigenvalue weighted by atomic mass is 9.85. The highest BCUT2D eigenvalue weighted by Gasteiger charge is 2.27. The zero-order valence-electron chi connectivity index (χ0n) is 11.1. The molecule has 0 spiro atoms. The van der Waals surface area contributed by atoms with Gasteiger partial charge in [0, 0.05) is 12.1 Å². The van der Waals surface area contributed by atoms with Crippen LogP contribution in [-0.2, 0) is 0 Å². The average molecular weight is 249 g/mol. The topological polar surface area (TPSA) is 38.0 Å². The zero-order chi connectivity index (χ0) is 11.3. The lowest BCUT2D eigenvalue weighted by Gasteiger charge is -2.36. The van der Waals surface area contributed by atoms with Crippen molar-refractivity contribution in [3.05, 3.63) is 0 Å². The first-order valence-corrected chi connectivity index (χ1v) is 6.53. The van der Waals surface area contributed by atoms with Crippen LogP contribution in [0, 0.1) is 11.8 Å². The molecule has 0 amide bonds. The molecule has 1 aliphatic rings. The molecule has 1 rings (SSSR count). The summed E-state index contributed by atoms with van der Waals surface area (Å²) in [5.41, 5.74) is 5.98. The van der Waals surface area contributed by atoms with E-state index >= 15 is 0 Å². The van der Waals surface area contributed by atoms with E-state index in [9.17, 15) is 0 Å². The highest BCUT2D eigenvalue weighted by molar-refractivity contribution is 5.85. The van der Waals surface area contributed by atoms with Crippen molar-refractivity contribution in [2.45, 2.75) is 58.4 Å². The van der Waals surface area contributed by atoms with Gasteiger partial charge in [0.25, 0.3) is 0 Å². The maximum absolute atomic E-state index is 5.86. The summed E-state index contributed by atoms with van der Waals surface area (Å²) in [7, 11) is 0. The van der Waals surface area contributed by atoms with Crippen molar-refractivity contribution < 1.29 is 0 Å². The molecule has 1 unspecified atom stereocenters. The normalized spacial score (nSPS) is 21.6. The summed E-state index contributed by atoms with van der Waals surface area (Å²) in [5.74, 6) is 1.49. The highest BCUT2D eigenvalue weighted by atomic mass is 35.5. The molecule has 0 aromatic carbocycles. The first kappa shape index (κ1) is 16.2. The summed E-state index contributed by atoms with van der Waals surface area (Å²) in [6.45, 7) is 8.64. The van der Waals surface area contributed by atoms with E-state index in [1.807, 2.05) is 0 Å². The lowest BCUT2D eigenvalue weighted by Crippen LogP contribution is -2.54. The van der Waals surface area contributed by atoms with Gasteiger partial charge in [-0.25, -0.2) is 0 Å². The van der Waals surface area contributed by atoms with Crippen molar-refractivity contribution >= 4 is 12.4 Å². The van der Waals surface area contributed by atoms with E-state index in [1.165, 1.54) is 32.1 Å². The molecule has 0 bridgehead atoms. The Morgan fingerprint density at radius 2 is 1.81 bits per heavy atom. The monoisotopic (exact) mass is 248 g/mol. The van der Waals surface area contributed by atoms with Crippen molar-refractivity contribution in [3.63, 3.8) is 0 Å². The Kier molecular flexibility index (Phi) is 7.62. The Labute approximate surface area is 107 Å². The number of nitrogens with one attached hydrogen (secondary N) is 1. The van der Waals surface area contributed by atoms with E-state index < -0.39 is 0 Å². The molecule has 1 aliphatic carbocycles. The van der Waals surface area contributed by atoms with Crippen molar-refractivity contribution in [2.75, 3.05) is 13.1 Å². The van der Waals surface area contributed by atoms with Gasteiger partial charge in [-0.2, -0.15) is 0 Å². The third-order valence-corrected chi connectivity index (χ3v) is 4.22. The number of nitrogens with two attached hydrogens (primary N) is 1. The second kappa shape index (κ2) is 7.52. The van der Waals surface area contributed by atoms with Gasteiger partial charge < -0.3 is 11.1 Å². The van der Waals surface area contributed by atoms with E-state index in [2.05, 4.69) is 26.1 Å². The standard InChI is InChI=1S/C13H28N2.ClH/c1-11(2)13(3,10-14)15-9-12-7-5-4-6-8-12;/h11-12,15H,4-10,14H2,1-3H3;1H. The fourth-order valence-corrected chi connectivity index (χ4v) is 2.28. The van der Waals surface area contributed by atoms with Gasteiger partial charge in [0.1, 0.15) is 0 Å². The Bertz CT molecular complexity index is 179. The number of rotatable bonds is 5. The third kappa shape index (κ3) is 4.60. The minimum atomic E-state index is 0. The van der Waals surface area contributed by atoms with Gasteiger partial charge >= 0.3 is 0 Å². The van der Waals surface area contributed by atoms with Crippen LogP contribution >= 0.6 is 12.4 Å². The van der Waals surface area contributed by atoms with Crippen LogP contribution in [0.15, 0.2) is 0 Å². The molecule has 3 N–H and O–H groups in total. The molecule has 0 aromatic heterocycles. The second-order valence-electron chi connectivity index (χ2n) is 5.66. The second-order valence-corrected chi connectivity index (χ2v) is 5.66. The van der Waals surface area contributed by atoms with E-state index in [-0.39, 0.29) is 17.9 Å². The quantitative estimate of drug-likeness (QED) is 0.785. The van der Waals surface area contributed by atoms with E-state index in [0.717, 1.165) is 19.0 Å². The van der Waals surface area contributed by atoms with Gasteiger partial charge in [0.15, 0.2) is 0 Å². The minimum absolute atomic E-state index is 0. The van der Waals surface area contributed by atoms with Crippen molar-refractivity contribution in [2.24, 2.45) is 17.6 Å². The van der Waals surface area contributed by atoms with Crippen LogP contribution in [0.2, 0.25) is 0 Å². The SMILES string of the molecule is CC(C)C(C)(CN)NCC1CCCCC1.Cl. The van der Waals surface area contributed by atoms with E-state index in [1.54, 1.807) is 0 Å². The molecule has 0 heterocycles. The Morgan fingerprint density at radius 3 is 2.25 bits per heavy atom. The summed E-state index contributed by atoms with van der Waals surface area (Å²) < 4.78 is 0. The first-order valence-electron chi connectivity index (χ1n) is 6.53. The predicted octanol–water partition coefficient (Wildman–Crippen LogP) is 2.95. The van der Waals surface area contributed by atoms with Gasteiger partial charge in [-0.05, 0) is 38.1 Å². The molecule has 16 heavy (non-hydrogen) atoms. The molecule has 98 valence electrons. The van der Waals surface area contributed by atoms with Crippen LogP contribution in [0.4, 0.5) is 0 Å². The summed E-state index contributed by atoms with van der Waals surface area (Å²) in [5, 5.41) is 3.69. The van der Waals surface area contributed by atoms with Gasteiger partial charge in [-0.15, -0.1) is 12.4 Å². The van der Waals surface area contributed by atoms with Crippen LogP contribution < -0.4 is 11.1 Å². The van der Waals surface area contributed by atoms with Crippen molar-refractivity contribution in [1.82, 2.24) is 5.32 Å². The van der Waals surface area contributed by atoms with Crippen LogP contribution in [0.25, 0.3) is 0 Å². The number of halogens is 1. The van der Waals surface area contributed by atoms with E-state index in [0.29, 0.717) is 5.92 Å². The lowest BCUT2D eigenvalue weighted by molar-refractivity contribution is 0.234. The largest absolute Gasteiger partial charge is 0.329 e. The van der Waals surface area contributed by atoms with Crippen molar-refractivity contribution in [3.8, 4) is 0 Å². The maximum Gasteiger partial charge on any atom is 0.0298 e. The smallest absolute Gasteiger partial charge is 0.0298 e. The number of hydrogen-bond donors (Lipinski definition) is 2. The molecule has 0 aromatic rings. The molecule has 1 saturated carbocycles. The molecule has 1 atom stereocenters. The minimum Gasteiger partial charge on any atom is -0.329 e. The Hall–Kier alpha value is 0.210. The molecule has 2 nitrogen and oxygen atoms in total. The molecular formula is C13H29ClN2. The van der Waals surface area contributed by atoms with Crippen LogP contribution in [0.1, 0.15) is 52.9 Å². The fourth-order valence-electron chi connectivity index (χ4n) is 2.28. The molecule has 0 aliphatic heterocycles. The Morgan fingerprint density at radius 1 is 1.25 bits per heavy atom.